The molecule has 0 unspecified atom stereocenters. The summed E-state index contributed by atoms with van der Waals surface area (Å²) in [5.74, 6) is 1.05. The summed E-state index contributed by atoms with van der Waals surface area (Å²) in [4.78, 5) is 28.0. The summed E-state index contributed by atoms with van der Waals surface area (Å²) in [5.41, 5.74) is 4.41. The average molecular weight is 399 g/mol. The zero-order valence-corrected chi connectivity index (χ0v) is 17.2. The number of rotatable bonds is 5. The Morgan fingerprint density at radius 3 is 2.83 bits per heavy atom. The van der Waals surface area contributed by atoms with Gasteiger partial charge >= 0.3 is 0 Å². The molecule has 5 heteroatoms. The first kappa shape index (κ1) is 20.0. The molecular formula is C25H26N4O. The van der Waals surface area contributed by atoms with Crippen molar-refractivity contribution in [3.05, 3.63) is 95.3 Å². The van der Waals surface area contributed by atoms with Gasteiger partial charge in [0.05, 0.1) is 5.69 Å². The average Bonchev–Trinajstić information content (AvgIpc) is 2.80. The molecule has 1 amide bonds. The van der Waals surface area contributed by atoms with E-state index in [9.17, 15) is 4.79 Å². The minimum atomic E-state index is 0.0407. The van der Waals surface area contributed by atoms with Gasteiger partial charge in [0, 0.05) is 50.1 Å². The molecule has 3 aromatic rings. The fourth-order valence-corrected chi connectivity index (χ4v) is 3.97. The highest BCUT2D eigenvalue weighted by Crippen LogP contribution is 2.29. The number of hydrogen-bond donors (Lipinski definition) is 0. The minimum absolute atomic E-state index is 0.0407. The van der Waals surface area contributed by atoms with Crippen molar-refractivity contribution in [3.63, 3.8) is 0 Å². The molecule has 1 atom stereocenters. The van der Waals surface area contributed by atoms with Crippen molar-refractivity contribution >= 4 is 12.0 Å². The summed E-state index contributed by atoms with van der Waals surface area (Å²) >= 11 is 0. The Hall–Kier alpha value is -3.34. The summed E-state index contributed by atoms with van der Waals surface area (Å²) in [5, 5.41) is 0. The number of piperidine rings is 1. The Morgan fingerprint density at radius 2 is 2.03 bits per heavy atom. The monoisotopic (exact) mass is 398 g/mol. The lowest BCUT2D eigenvalue weighted by Gasteiger charge is -2.32. The Balaban J connectivity index is 1.51. The topological polar surface area (TPSA) is 59.0 Å². The molecule has 0 bridgehead atoms. The van der Waals surface area contributed by atoms with Gasteiger partial charge in [-0.05, 0) is 48.6 Å². The lowest BCUT2D eigenvalue weighted by Crippen LogP contribution is -2.38. The molecule has 0 radical (unpaired) electrons. The number of amides is 1. The Kier molecular flexibility index (Phi) is 6.28. The maximum absolute atomic E-state index is 12.8. The number of carbonyl (C=O) groups is 1. The zero-order chi connectivity index (χ0) is 20.8. The molecule has 1 aliphatic heterocycles. The van der Waals surface area contributed by atoms with Gasteiger partial charge < -0.3 is 4.90 Å². The van der Waals surface area contributed by atoms with E-state index in [0.717, 1.165) is 48.5 Å². The van der Waals surface area contributed by atoms with Crippen LogP contribution in [0.5, 0.6) is 0 Å². The van der Waals surface area contributed by atoms with Crippen molar-refractivity contribution in [2.45, 2.75) is 32.1 Å². The molecule has 30 heavy (non-hydrogen) atoms. The molecule has 2 aromatic heterocycles. The van der Waals surface area contributed by atoms with Crippen LogP contribution in [0.1, 0.15) is 47.0 Å². The van der Waals surface area contributed by atoms with Crippen LogP contribution in [0.3, 0.4) is 0 Å². The van der Waals surface area contributed by atoms with E-state index in [4.69, 9.17) is 4.98 Å². The Labute approximate surface area is 177 Å². The van der Waals surface area contributed by atoms with E-state index in [1.54, 1.807) is 18.5 Å². The van der Waals surface area contributed by atoms with Crippen LogP contribution < -0.4 is 0 Å². The number of likely N-dealkylation sites (tertiary alicyclic amines) is 1. The van der Waals surface area contributed by atoms with E-state index >= 15 is 0 Å². The van der Waals surface area contributed by atoms with Gasteiger partial charge in [0.1, 0.15) is 5.82 Å². The van der Waals surface area contributed by atoms with Crippen molar-refractivity contribution in [1.82, 2.24) is 19.9 Å². The van der Waals surface area contributed by atoms with Gasteiger partial charge in [-0.25, -0.2) is 9.97 Å². The van der Waals surface area contributed by atoms with Gasteiger partial charge in [-0.15, -0.1) is 0 Å². The largest absolute Gasteiger partial charge is 0.338 e. The van der Waals surface area contributed by atoms with E-state index in [-0.39, 0.29) is 11.8 Å². The van der Waals surface area contributed by atoms with Gasteiger partial charge in [-0.1, -0.05) is 36.4 Å². The van der Waals surface area contributed by atoms with Gasteiger partial charge in [0.25, 0.3) is 0 Å². The molecule has 0 spiro atoms. The first-order chi connectivity index (χ1) is 14.7. The number of aromatic nitrogens is 3. The van der Waals surface area contributed by atoms with Crippen LogP contribution in [0, 0.1) is 6.92 Å². The maximum atomic E-state index is 12.8. The van der Waals surface area contributed by atoms with Gasteiger partial charge in [0.2, 0.25) is 5.91 Å². The van der Waals surface area contributed by atoms with Crippen molar-refractivity contribution in [2.75, 3.05) is 13.1 Å². The molecule has 1 fully saturated rings. The van der Waals surface area contributed by atoms with E-state index in [1.807, 2.05) is 42.3 Å². The summed E-state index contributed by atoms with van der Waals surface area (Å²) in [6, 6.07) is 14.2. The third-order valence-electron chi connectivity index (χ3n) is 5.48. The molecule has 1 saturated heterocycles. The van der Waals surface area contributed by atoms with E-state index < -0.39 is 0 Å². The maximum Gasteiger partial charge on any atom is 0.246 e. The predicted octanol–water partition coefficient (Wildman–Crippen LogP) is 4.19. The van der Waals surface area contributed by atoms with Crippen molar-refractivity contribution in [3.8, 4) is 0 Å². The zero-order valence-electron chi connectivity index (χ0n) is 17.2. The number of aryl methyl sites for hydroxylation is 1. The van der Waals surface area contributed by atoms with Crippen molar-refractivity contribution in [2.24, 2.45) is 0 Å². The molecule has 0 N–H and O–H groups in total. The van der Waals surface area contributed by atoms with Crippen LogP contribution in [0.25, 0.3) is 6.08 Å². The quantitative estimate of drug-likeness (QED) is 0.605. The van der Waals surface area contributed by atoms with Crippen LogP contribution in [0.2, 0.25) is 0 Å². The predicted molar refractivity (Wildman–Crippen MR) is 118 cm³/mol. The first-order valence-corrected chi connectivity index (χ1v) is 10.4. The first-order valence-electron chi connectivity index (χ1n) is 10.4. The molecular weight excluding hydrogens is 372 g/mol. The third-order valence-corrected chi connectivity index (χ3v) is 5.48. The molecule has 4 rings (SSSR count). The van der Waals surface area contributed by atoms with Crippen LogP contribution in [0.4, 0.5) is 0 Å². The van der Waals surface area contributed by atoms with Crippen LogP contribution in [-0.2, 0) is 11.2 Å². The van der Waals surface area contributed by atoms with Gasteiger partial charge in [-0.3, -0.25) is 9.78 Å². The molecule has 152 valence electrons. The fraction of sp³-hybridized carbons (Fsp3) is 0.280. The van der Waals surface area contributed by atoms with Crippen LogP contribution >= 0.6 is 0 Å². The molecule has 3 heterocycles. The van der Waals surface area contributed by atoms with Gasteiger partial charge in [0.15, 0.2) is 0 Å². The second-order valence-corrected chi connectivity index (χ2v) is 7.73. The summed E-state index contributed by atoms with van der Waals surface area (Å²) in [7, 11) is 0. The standard InChI is InChI=1S/C25H26N4O/c1-19-27-17-23(15-20-7-3-2-4-8-20)25(28-19)22-10-6-14-29(18-22)24(30)12-11-21-9-5-13-26-16-21/h2-5,7-9,11-13,16-17,22H,6,10,14-15,18H2,1H3/b12-11+/t22-/m1/s1. The van der Waals surface area contributed by atoms with Gasteiger partial charge in [-0.2, -0.15) is 0 Å². The number of benzene rings is 1. The fourth-order valence-electron chi connectivity index (χ4n) is 3.97. The summed E-state index contributed by atoms with van der Waals surface area (Å²) in [6.07, 6.45) is 11.7. The lowest BCUT2D eigenvalue weighted by molar-refractivity contribution is -0.127. The number of nitrogens with zero attached hydrogens (tertiary/aromatic N) is 4. The summed E-state index contributed by atoms with van der Waals surface area (Å²) in [6.45, 7) is 3.40. The smallest absolute Gasteiger partial charge is 0.246 e. The van der Waals surface area contributed by atoms with Crippen molar-refractivity contribution < 1.29 is 4.79 Å². The minimum Gasteiger partial charge on any atom is -0.338 e. The second-order valence-electron chi connectivity index (χ2n) is 7.73. The SMILES string of the molecule is Cc1ncc(Cc2ccccc2)c([C@@H]2CCCN(C(=O)/C=C/c3cccnc3)C2)n1. The normalized spacial score (nSPS) is 16.7. The molecule has 1 aliphatic rings. The highest BCUT2D eigenvalue weighted by atomic mass is 16.2. The van der Waals surface area contributed by atoms with E-state index in [0.29, 0.717) is 6.54 Å². The number of carbonyl (C=O) groups excluding carboxylic acids is 1. The van der Waals surface area contributed by atoms with E-state index in [1.165, 1.54) is 5.56 Å². The molecule has 1 aromatic carbocycles. The van der Waals surface area contributed by atoms with Crippen LogP contribution in [0.15, 0.2) is 67.1 Å². The molecule has 5 nitrogen and oxygen atoms in total. The molecule has 0 saturated carbocycles. The molecule has 0 aliphatic carbocycles. The van der Waals surface area contributed by atoms with E-state index in [2.05, 4.69) is 34.2 Å². The highest BCUT2D eigenvalue weighted by molar-refractivity contribution is 5.91. The third kappa shape index (κ3) is 4.98. The Morgan fingerprint density at radius 1 is 1.17 bits per heavy atom. The lowest BCUT2D eigenvalue weighted by atomic mass is 9.90. The summed E-state index contributed by atoms with van der Waals surface area (Å²) < 4.78 is 0. The second kappa shape index (κ2) is 9.44. The number of pyridine rings is 1. The highest BCUT2D eigenvalue weighted by Gasteiger charge is 2.26. The van der Waals surface area contributed by atoms with Crippen molar-refractivity contribution in [1.29, 1.82) is 0 Å². The Bertz CT molecular complexity index is 1020. The number of hydrogen-bond acceptors (Lipinski definition) is 4. The van der Waals surface area contributed by atoms with Crippen LogP contribution in [-0.4, -0.2) is 38.8 Å².